The van der Waals surface area contributed by atoms with Crippen LogP contribution in [0.2, 0.25) is 0 Å². The van der Waals surface area contributed by atoms with Crippen LogP contribution < -0.4 is 10.6 Å². The Labute approximate surface area is 233 Å². The van der Waals surface area contributed by atoms with Gasteiger partial charge in [0.2, 0.25) is 11.9 Å². The van der Waals surface area contributed by atoms with Crippen LogP contribution in [-0.4, -0.2) is 49.9 Å². The summed E-state index contributed by atoms with van der Waals surface area (Å²) >= 11 is 0. The Bertz CT molecular complexity index is 1330. The number of nitrogens with zero attached hydrogens (tertiary/aromatic N) is 5. The van der Waals surface area contributed by atoms with E-state index in [0.717, 1.165) is 25.7 Å². The van der Waals surface area contributed by atoms with Gasteiger partial charge in [0.1, 0.15) is 5.69 Å². The molecule has 0 bridgehead atoms. The number of rotatable bonds is 13. The third-order valence-electron chi connectivity index (χ3n) is 5.90. The molecule has 208 valence electrons. The number of carbonyl (C=O) groups excluding carboxylic acids is 2. The first-order valence-corrected chi connectivity index (χ1v) is 13.3. The quantitative estimate of drug-likeness (QED) is 0.160. The van der Waals surface area contributed by atoms with Gasteiger partial charge in [-0.25, -0.2) is 9.59 Å². The number of carbonyl (C=O) groups is 2. The fourth-order valence-electron chi connectivity index (χ4n) is 3.62. The lowest BCUT2D eigenvalue weighted by molar-refractivity contribution is 0.0490. The van der Waals surface area contributed by atoms with Crippen LogP contribution in [0.15, 0.2) is 60.8 Å². The first-order valence-electron chi connectivity index (χ1n) is 13.3. The van der Waals surface area contributed by atoms with E-state index in [1.165, 1.54) is 0 Å². The number of hydrogen-bond acceptors (Lipinski definition) is 10. The Morgan fingerprint density at radius 3 is 1.60 bits per heavy atom. The average Bonchev–Trinajstić information content (AvgIpc) is 3.39. The molecule has 2 N–H and O–H groups in total. The van der Waals surface area contributed by atoms with Crippen molar-refractivity contribution in [2.45, 2.75) is 39.5 Å². The summed E-state index contributed by atoms with van der Waals surface area (Å²) in [6.07, 6.45) is 5.24. The number of aromatic nitrogens is 5. The molecule has 0 aliphatic heterocycles. The summed E-state index contributed by atoms with van der Waals surface area (Å²) in [4.78, 5) is 38.1. The van der Waals surface area contributed by atoms with Gasteiger partial charge in [-0.15, -0.1) is 0 Å². The van der Waals surface area contributed by atoms with Gasteiger partial charge >= 0.3 is 11.9 Å². The van der Waals surface area contributed by atoms with Gasteiger partial charge in [0.05, 0.1) is 24.3 Å². The molecule has 0 fully saturated rings. The second-order valence-electron chi connectivity index (χ2n) is 9.03. The van der Waals surface area contributed by atoms with Crippen LogP contribution in [0.1, 0.15) is 60.2 Å². The summed E-state index contributed by atoms with van der Waals surface area (Å²) in [5.41, 5.74) is 3.00. The minimum Gasteiger partial charge on any atom is -0.462 e. The number of benzene rings is 2. The van der Waals surface area contributed by atoms with E-state index in [1.807, 2.05) is 13.8 Å². The van der Waals surface area contributed by atoms with E-state index in [9.17, 15) is 9.59 Å². The summed E-state index contributed by atoms with van der Waals surface area (Å²) in [6.45, 7) is 4.89. The highest BCUT2D eigenvalue weighted by Crippen LogP contribution is 2.22. The van der Waals surface area contributed by atoms with Gasteiger partial charge in [-0.2, -0.15) is 20.1 Å². The van der Waals surface area contributed by atoms with Gasteiger partial charge in [-0.1, -0.05) is 26.7 Å². The average molecular weight is 544 g/mol. The number of anilines is 4. The van der Waals surface area contributed by atoms with Crippen LogP contribution in [0.25, 0.3) is 11.5 Å². The number of unbranched alkanes of at least 4 members (excludes halogenated alkanes) is 2. The van der Waals surface area contributed by atoms with Crippen LogP contribution in [0, 0.1) is 0 Å². The van der Waals surface area contributed by atoms with E-state index in [1.54, 1.807) is 72.5 Å². The molecular formula is C29H33N7O4. The minimum absolute atomic E-state index is 0.295. The van der Waals surface area contributed by atoms with Crippen molar-refractivity contribution >= 4 is 35.2 Å². The molecule has 11 heteroatoms. The van der Waals surface area contributed by atoms with Crippen molar-refractivity contribution in [2.24, 2.45) is 7.05 Å². The number of nitrogens with one attached hydrogen (secondary N) is 2. The van der Waals surface area contributed by atoms with Crippen molar-refractivity contribution in [2.75, 3.05) is 23.8 Å². The summed E-state index contributed by atoms with van der Waals surface area (Å²) in [5.74, 6) is 0.286. The third-order valence-corrected chi connectivity index (χ3v) is 5.90. The molecule has 4 aromatic rings. The van der Waals surface area contributed by atoms with Crippen LogP contribution in [0.3, 0.4) is 0 Å². The van der Waals surface area contributed by atoms with Gasteiger partial charge in [-0.3, -0.25) is 4.68 Å². The smallest absolute Gasteiger partial charge is 0.338 e. The second-order valence-corrected chi connectivity index (χ2v) is 9.03. The van der Waals surface area contributed by atoms with Crippen molar-refractivity contribution in [1.29, 1.82) is 0 Å². The summed E-state index contributed by atoms with van der Waals surface area (Å²) in [5, 5.41) is 10.6. The van der Waals surface area contributed by atoms with Crippen LogP contribution >= 0.6 is 0 Å². The molecule has 2 aromatic heterocycles. The number of ether oxygens (including phenoxy) is 2. The zero-order chi connectivity index (χ0) is 28.3. The Balaban J connectivity index is 1.52. The van der Waals surface area contributed by atoms with Crippen molar-refractivity contribution < 1.29 is 19.1 Å². The Morgan fingerprint density at radius 2 is 1.20 bits per heavy atom. The molecule has 2 heterocycles. The lowest BCUT2D eigenvalue weighted by Gasteiger charge is -2.11. The molecule has 0 atom stereocenters. The van der Waals surface area contributed by atoms with Crippen LogP contribution in [0.4, 0.5) is 23.3 Å². The van der Waals surface area contributed by atoms with E-state index >= 15 is 0 Å². The standard InChI is InChI=1S/C29H33N7O4/c1-4-6-18-39-26(37)20-8-12-22(13-9-20)31-28-33-25(24-16-17-30-36(24)3)34-29(35-28)32-23-14-10-21(11-15-23)27(38)40-19-7-5-2/h8-17H,4-7,18-19H2,1-3H3,(H2,31,32,33,34,35). The molecule has 0 aliphatic rings. The van der Waals surface area contributed by atoms with E-state index in [0.29, 0.717) is 59.1 Å². The van der Waals surface area contributed by atoms with Gasteiger partial charge in [0.15, 0.2) is 5.82 Å². The maximum atomic E-state index is 12.2. The molecule has 11 nitrogen and oxygen atoms in total. The summed E-state index contributed by atoms with van der Waals surface area (Å²) in [7, 11) is 1.80. The van der Waals surface area contributed by atoms with Gasteiger partial charge in [-0.05, 0) is 67.4 Å². The van der Waals surface area contributed by atoms with Crippen molar-refractivity contribution in [3.63, 3.8) is 0 Å². The summed E-state index contributed by atoms with van der Waals surface area (Å²) in [6, 6.07) is 15.6. The number of aryl methyl sites for hydroxylation is 1. The van der Waals surface area contributed by atoms with Crippen LogP contribution in [0.5, 0.6) is 0 Å². The fourth-order valence-corrected chi connectivity index (χ4v) is 3.62. The van der Waals surface area contributed by atoms with Gasteiger partial charge in [0.25, 0.3) is 0 Å². The lowest BCUT2D eigenvalue weighted by atomic mass is 10.2. The predicted molar refractivity (Wildman–Crippen MR) is 152 cm³/mol. The van der Waals surface area contributed by atoms with Gasteiger partial charge < -0.3 is 20.1 Å². The monoisotopic (exact) mass is 543 g/mol. The van der Waals surface area contributed by atoms with E-state index in [2.05, 4.69) is 30.7 Å². The molecule has 0 saturated carbocycles. The highest BCUT2D eigenvalue weighted by Gasteiger charge is 2.14. The highest BCUT2D eigenvalue weighted by molar-refractivity contribution is 5.90. The molecule has 0 unspecified atom stereocenters. The molecule has 0 radical (unpaired) electrons. The minimum atomic E-state index is -0.356. The SMILES string of the molecule is CCCCOC(=O)c1ccc(Nc2nc(Nc3ccc(C(=O)OCCCC)cc3)nc(-c3ccnn3C)n2)cc1. The van der Waals surface area contributed by atoms with Gasteiger partial charge in [0, 0.05) is 24.6 Å². The maximum Gasteiger partial charge on any atom is 0.338 e. The van der Waals surface area contributed by atoms with E-state index in [-0.39, 0.29) is 11.9 Å². The normalized spacial score (nSPS) is 10.7. The molecule has 0 aliphatic carbocycles. The second kappa shape index (κ2) is 13.8. The fraction of sp³-hybridized carbons (Fsp3) is 0.310. The third kappa shape index (κ3) is 7.62. The maximum absolute atomic E-state index is 12.2. The first-order chi connectivity index (χ1) is 19.5. The van der Waals surface area contributed by atoms with Crippen LogP contribution in [-0.2, 0) is 16.5 Å². The molecule has 0 spiro atoms. The van der Waals surface area contributed by atoms with Crippen molar-refractivity contribution in [3.05, 3.63) is 71.9 Å². The Hall–Kier alpha value is -4.80. The first kappa shape index (κ1) is 28.2. The summed E-state index contributed by atoms with van der Waals surface area (Å²) < 4.78 is 12.2. The molecular weight excluding hydrogens is 510 g/mol. The molecule has 0 amide bonds. The van der Waals surface area contributed by atoms with Crippen molar-refractivity contribution in [3.8, 4) is 11.5 Å². The zero-order valence-corrected chi connectivity index (χ0v) is 22.9. The predicted octanol–water partition coefficient (Wildman–Crippen LogP) is 5.67. The number of esters is 2. The van der Waals surface area contributed by atoms with Crippen molar-refractivity contribution in [1.82, 2.24) is 24.7 Å². The van der Waals surface area contributed by atoms with E-state index < -0.39 is 0 Å². The topological polar surface area (TPSA) is 133 Å². The molecule has 4 rings (SSSR count). The zero-order valence-electron chi connectivity index (χ0n) is 22.9. The van der Waals surface area contributed by atoms with E-state index in [4.69, 9.17) is 9.47 Å². The Morgan fingerprint density at radius 1 is 0.725 bits per heavy atom. The lowest BCUT2D eigenvalue weighted by Crippen LogP contribution is -2.08. The molecule has 0 saturated heterocycles. The molecule has 2 aromatic carbocycles. The Kier molecular flexibility index (Phi) is 9.76. The largest absolute Gasteiger partial charge is 0.462 e. The number of hydrogen-bond donors (Lipinski definition) is 2. The highest BCUT2D eigenvalue weighted by atomic mass is 16.5. The molecule has 40 heavy (non-hydrogen) atoms.